The molecule has 0 radical (unpaired) electrons. The van der Waals surface area contributed by atoms with E-state index < -0.39 is 33.4 Å². The van der Waals surface area contributed by atoms with Crippen LogP contribution in [0.5, 0.6) is 0 Å². The van der Waals surface area contributed by atoms with E-state index in [4.69, 9.17) is 0 Å². The molecule has 0 aromatic heterocycles. The van der Waals surface area contributed by atoms with Crippen LogP contribution in [-0.2, 0) is 23.7 Å². The highest BCUT2D eigenvalue weighted by Gasteiger charge is 2.32. The fourth-order valence-electron chi connectivity index (χ4n) is 3.80. The molecule has 0 aliphatic carbocycles. The number of hydrogen-bond acceptors (Lipinski definition) is 2. The minimum Gasteiger partial charge on any atom is -0.297 e. The third-order valence-electron chi connectivity index (χ3n) is 5.47. The lowest BCUT2D eigenvalue weighted by Crippen LogP contribution is -2.34. The van der Waals surface area contributed by atoms with Gasteiger partial charge in [-0.3, -0.25) is 4.90 Å². The Kier molecular flexibility index (Phi) is 8.99. The van der Waals surface area contributed by atoms with Gasteiger partial charge in [0.05, 0.1) is 10.5 Å². The molecular formula is C26H28F4N2OS. The SMILES string of the molecule is CC.O=S(NC1CCN(Cc2ccc(-c3ccccc3)cc2)C1)c1cc(C(F)(F)F)ccc1F. The number of rotatable bonds is 6. The van der Waals surface area contributed by atoms with Crippen molar-refractivity contribution in [3.05, 3.63) is 89.7 Å². The number of nitrogens with one attached hydrogen (secondary N) is 1. The van der Waals surface area contributed by atoms with Gasteiger partial charge in [0.15, 0.2) is 0 Å². The van der Waals surface area contributed by atoms with Crippen molar-refractivity contribution in [3.8, 4) is 11.1 Å². The number of alkyl halides is 3. The number of hydrogen-bond donors (Lipinski definition) is 1. The van der Waals surface area contributed by atoms with Crippen LogP contribution in [-0.4, -0.2) is 28.2 Å². The summed E-state index contributed by atoms with van der Waals surface area (Å²) in [6, 6.07) is 20.1. The zero-order chi connectivity index (χ0) is 24.7. The molecule has 1 fully saturated rings. The second-order valence-electron chi connectivity index (χ2n) is 7.81. The van der Waals surface area contributed by atoms with Crippen molar-refractivity contribution < 1.29 is 21.8 Å². The van der Waals surface area contributed by atoms with Gasteiger partial charge in [-0.25, -0.2) is 13.3 Å². The molecular weight excluding hydrogens is 464 g/mol. The van der Waals surface area contributed by atoms with Gasteiger partial charge in [0.25, 0.3) is 0 Å². The molecule has 3 nitrogen and oxygen atoms in total. The van der Waals surface area contributed by atoms with Crippen LogP contribution in [0.1, 0.15) is 31.4 Å². The van der Waals surface area contributed by atoms with E-state index in [1.165, 1.54) is 0 Å². The van der Waals surface area contributed by atoms with E-state index in [-0.39, 0.29) is 6.04 Å². The zero-order valence-corrected chi connectivity index (χ0v) is 19.9. The average Bonchev–Trinajstić information content (AvgIpc) is 3.27. The van der Waals surface area contributed by atoms with Crippen molar-refractivity contribution in [1.29, 1.82) is 0 Å². The normalized spacial score (nSPS) is 17.2. The van der Waals surface area contributed by atoms with Crippen LogP contribution >= 0.6 is 0 Å². The second kappa shape index (κ2) is 11.7. The van der Waals surface area contributed by atoms with Gasteiger partial charge in [-0.15, -0.1) is 0 Å². The van der Waals surface area contributed by atoms with Crippen molar-refractivity contribution >= 4 is 11.0 Å². The molecule has 2 unspecified atom stereocenters. The molecule has 182 valence electrons. The third-order valence-corrected chi connectivity index (χ3v) is 6.73. The monoisotopic (exact) mass is 492 g/mol. The Morgan fingerprint density at radius 1 is 0.971 bits per heavy atom. The molecule has 2 atom stereocenters. The van der Waals surface area contributed by atoms with Crippen LogP contribution in [0, 0.1) is 5.82 Å². The lowest BCUT2D eigenvalue weighted by molar-refractivity contribution is -0.137. The zero-order valence-electron chi connectivity index (χ0n) is 19.1. The summed E-state index contributed by atoms with van der Waals surface area (Å²) in [6.07, 6.45) is -3.94. The molecule has 1 aliphatic heterocycles. The Morgan fingerprint density at radius 2 is 1.62 bits per heavy atom. The van der Waals surface area contributed by atoms with Gasteiger partial charge in [0.2, 0.25) is 0 Å². The van der Waals surface area contributed by atoms with E-state index in [9.17, 15) is 21.8 Å². The molecule has 1 N–H and O–H groups in total. The Morgan fingerprint density at radius 3 is 2.26 bits per heavy atom. The van der Waals surface area contributed by atoms with Gasteiger partial charge in [-0.2, -0.15) is 13.2 Å². The van der Waals surface area contributed by atoms with Crippen LogP contribution in [0.15, 0.2) is 77.7 Å². The molecule has 0 amide bonds. The fraction of sp³-hybridized carbons (Fsp3) is 0.308. The van der Waals surface area contributed by atoms with Gasteiger partial charge >= 0.3 is 6.18 Å². The molecule has 1 saturated heterocycles. The fourth-order valence-corrected chi connectivity index (χ4v) is 4.90. The lowest BCUT2D eigenvalue weighted by Gasteiger charge is -2.17. The van der Waals surface area contributed by atoms with Crippen molar-refractivity contribution in [2.75, 3.05) is 13.1 Å². The minimum absolute atomic E-state index is 0.201. The highest BCUT2D eigenvalue weighted by atomic mass is 32.2. The minimum atomic E-state index is -4.62. The Labute approximate surface area is 200 Å². The Balaban J connectivity index is 0.00000158. The van der Waals surface area contributed by atoms with Crippen LogP contribution in [0.3, 0.4) is 0 Å². The lowest BCUT2D eigenvalue weighted by atomic mass is 10.0. The first-order valence-electron chi connectivity index (χ1n) is 11.2. The third kappa shape index (κ3) is 6.74. The quantitative estimate of drug-likeness (QED) is 0.403. The standard InChI is InChI=1S/C24H22F4N2OS.C2H6/c25-22-11-10-20(24(26,27)28)14-23(22)32(31)29-21-12-13-30(16-21)15-17-6-8-19(9-7-17)18-4-2-1-3-5-18;1-2/h1-11,14,21,29H,12-13,15-16H2;1-2H3. The molecule has 3 aromatic rings. The summed E-state index contributed by atoms with van der Waals surface area (Å²) in [7, 11) is -2.07. The summed E-state index contributed by atoms with van der Waals surface area (Å²) >= 11 is 0. The topological polar surface area (TPSA) is 32.3 Å². The predicted molar refractivity (Wildman–Crippen MR) is 128 cm³/mol. The summed E-state index contributed by atoms with van der Waals surface area (Å²) in [4.78, 5) is 1.70. The first kappa shape index (κ1) is 26.1. The first-order chi connectivity index (χ1) is 16.3. The van der Waals surface area contributed by atoms with Crippen LogP contribution in [0.2, 0.25) is 0 Å². The second-order valence-corrected chi connectivity index (χ2v) is 9.03. The molecule has 0 bridgehead atoms. The van der Waals surface area contributed by atoms with Crippen LogP contribution < -0.4 is 4.72 Å². The number of nitrogens with zero attached hydrogens (tertiary/aromatic N) is 1. The van der Waals surface area contributed by atoms with E-state index in [1.807, 2.05) is 32.0 Å². The largest absolute Gasteiger partial charge is 0.416 e. The Hall–Kier alpha value is -2.55. The van der Waals surface area contributed by atoms with E-state index in [0.29, 0.717) is 37.7 Å². The molecule has 1 heterocycles. The summed E-state index contributed by atoms with van der Waals surface area (Å²) in [5.74, 6) is -0.919. The summed E-state index contributed by atoms with van der Waals surface area (Å²) < 4.78 is 68.0. The summed E-state index contributed by atoms with van der Waals surface area (Å²) in [6.45, 7) is 6.03. The van der Waals surface area contributed by atoms with Gasteiger partial charge in [-0.1, -0.05) is 68.4 Å². The van der Waals surface area contributed by atoms with Crippen LogP contribution in [0.4, 0.5) is 17.6 Å². The number of likely N-dealkylation sites (tertiary alicyclic amines) is 1. The molecule has 8 heteroatoms. The maximum Gasteiger partial charge on any atom is 0.416 e. The maximum atomic E-state index is 14.0. The average molecular weight is 493 g/mol. The molecule has 1 aliphatic rings. The van der Waals surface area contributed by atoms with Crippen molar-refractivity contribution in [3.63, 3.8) is 0 Å². The van der Waals surface area contributed by atoms with Crippen molar-refractivity contribution in [1.82, 2.24) is 9.62 Å². The van der Waals surface area contributed by atoms with Crippen molar-refractivity contribution in [2.45, 2.75) is 43.9 Å². The maximum absolute atomic E-state index is 14.0. The molecule has 34 heavy (non-hydrogen) atoms. The number of benzene rings is 3. The first-order valence-corrected chi connectivity index (χ1v) is 12.4. The molecule has 4 rings (SSSR count). The van der Waals surface area contributed by atoms with E-state index in [2.05, 4.69) is 46.0 Å². The van der Waals surface area contributed by atoms with Gasteiger partial charge in [0.1, 0.15) is 16.8 Å². The highest BCUT2D eigenvalue weighted by molar-refractivity contribution is 7.83. The van der Waals surface area contributed by atoms with E-state index >= 15 is 0 Å². The van der Waals surface area contributed by atoms with Gasteiger partial charge in [0, 0.05) is 25.7 Å². The predicted octanol–water partition coefficient (Wildman–Crippen LogP) is 6.42. The Bertz CT molecular complexity index is 1090. The van der Waals surface area contributed by atoms with Gasteiger partial charge < -0.3 is 0 Å². The summed E-state index contributed by atoms with van der Waals surface area (Å²) in [5.41, 5.74) is 2.40. The molecule has 0 spiro atoms. The van der Waals surface area contributed by atoms with Crippen LogP contribution in [0.25, 0.3) is 11.1 Å². The summed E-state index contributed by atoms with van der Waals surface area (Å²) in [5, 5.41) is 0. The molecule has 3 aromatic carbocycles. The van der Waals surface area contributed by atoms with Crippen molar-refractivity contribution in [2.24, 2.45) is 0 Å². The van der Waals surface area contributed by atoms with E-state index in [0.717, 1.165) is 23.2 Å². The number of halogens is 4. The smallest absolute Gasteiger partial charge is 0.297 e. The highest BCUT2D eigenvalue weighted by Crippen LogP contribution is 2.31. The molecule has 0 saturated carbocycles. The van der Waals surface area contributed by atoms with Gasteiger partial charge in [-0.05, 0) is 41.3 Å². The van der Waals surface area contributed by atoms with E-state index in [1.54, 1.807) is 0 Å².